The van der Waals surface area contributed by atoms with Crippen LogP contribution in [0.1, 0.15) is 57.1 Å². The second-order valence-electron chi connectivity index (χ2n) is 6.91. The largest absolute Gasteiger partial charge is 0.297 e. The number of rotatable bonds is 5. The zero-order chi connectivity index (χ0) is 18.3. The molecule has 1 aromatic heterocycles. The number of fused-ring (bicyclic) bond motifs is 2. The summed E-state index contributed by atoms with van der Waals surface area (Å²) in [5.74, 6) is 0.299. The Kier molecular flexibility index (Phi) is 4.18. The summed E-state index contributed by atoms with van der Waals surface area (Å²) >= 11 is 0. The molecule has 26 heavy (non-hydrogen) atoms. The molecule has 0 saturated carbocycles. The average molecular weight is 351 g/mol. The lowest BCUT2D eigenvalue weighted by molar-refractivity contribution is 0.0651. The van der Waals surface area contributed by atoms with Gasteiger partial charge in [-0.25, -0.2) is 4.98 Å². The van der Waals surface area contributed by atoms with Gasteiger partial charge >= 0.3 is 0 Å². The van der Waals surface area contributed by atoms with Crippen molar-refractivity contribution in [2.45, 2.75) is 45.6 Å². The highest BCUT2D eigenvalue weighted by Crippen LogP contribution is 2.22. The fraction of sp³-hybridized carbons (Fsp3) is 0.400. The van der Waals surface area contributed by atoms with Crippen molar-refractivity contribution in [1.82, 2.24) is 14.5 Å². The summed E-state index contributed by atoms with van der Waals surface area (Å²) in [6.45, 7) is 2.80. The summed E-state index contributed by atoms with van der Waals surface area (Å²) < 4.78 is 1.73. The number of imide groups is 1. The molecule has 0 bridgehead atoms. The van der Waals surface area contributed by atoms with Crippen LogP contribution < -0.4 is 5.56 Å². The van der Waals surface area contributed by atoms with E-state index in [0.717, 1.165) is 36.3 Å². The fourth-order valence-corrected chi connectivity index (χ4v) is 3.89. The van der Waals surface area contributed by atoms with Gasteiger partial charge in [-0.2, -0.15) is 0 Å². The van der Waals surface area contributed by atoms with E-state index in [1.807, 2.05) is 6.92 Å². The quantitative estimate of drug-likeness (QED) is 0.611. The zero-order valence-corrected chi connectivity index (χ0v) is 14.8. The fourth-order valence-electron chi connectivity index (χ4n) is 3.89. The minimum atomic E-state index is -0.224. The van der Waals surface area contributed by atoms with Crippen molar-refractivity contribution in [3.05, 3.63) is 62.8 Å². The van der Waals surface area contributed by atoms with Gasteiger partial charge in [0.15, 0.2) is 0 Å². The predicted octanol–water partition coefficient (Wildman–Crippen LogP) is 2.12. The Labute approximate surface area is 151 Å². The van der Waals surface area contributed by atoms with Gasteiger partial charge in [0.05, 0.1) is 16.8 Å². The molecule has 0 radical (unpaired) electrons. The number of hydrogen-bond acceptors (Lipinski definition) is 4. The first-order valence-corrected chi connectivity index (χ1v) is 9.12. The molecule has 0 N–H and O–H groups in total. The van der Waals surface area contributed by atoms with E-state index in [1.165, 1.54) is 4.90 Å². The molecule has 1 aliphatic heterocycles. The lowest BCUT2D eigenvalue weighted by atomic mass is 10.1. The molecule has 134 valence electrons. The van der Waals surface area contributed by atoms with Crippen molar-refractivity contribution in [2.75, 3.05) is 6.54 Å². The normalized spacial score (nSPS) is 15.5. The lowest BCUT2D eigenvalue weighted by Crippen LogP contribution is -2.31. The van der Waals surface area contributed by atoms with Crippen LogP contribution in [0.15, 0.2) is 29.1 Å². The van der Waals surface area contributed by atoms with Crippen LogP contribution in [-0.2, 0) is 19.4 Å². The van der Waals surface area contributed by atoms with Crippen molar-refractivity contribution < 1.29 is 9.59 Å². The van der Waals surface area contributed by atoms with Crippen LogP contribution >= 0.6 is 0 Å². The van der Waals surface area contributed by atoms with Gasteiger partial charge in [-0.1, -0.05) is 12.1 Å². The van der Waals surface area contributed by atoms with E-state index in [0.29, 0.717) is 37.1 Å². The number of nitrogens with zero attached hydrogens (tertiary/aromatic N) is 3. The molecular formula is C20H21N3O3. The number of unbranched alkanes of at least 4 members (excludes halogenated alkanes) is 1. The molecule has 6 nitrogen and oxygen atoms in total. The molecule has 2 aromatic rings. The van der Waals surface area contributed by atoms with Crippen LogP contribution in [0.4, 0.5) is 0 Å². The molecule has 0 fully saturated rings. The molecule has 4 rings (SSSR count). The second kappa shape index (κ2) is 6.52. The van der Waals surface area contributed by atoms with Gasteiger partial charge in [0.25, 0.3) is 17.4 Å². The van der Waals surface area contributed by atoms with Crippen LogP contribution in [-0.4, -0.2) is 32.8 Å². The molecule has 6 heteroatoms. The van der Waals surface area contributed by atoms with E-state index in [9.17, 15) is 14.4 Å². The molecule has 0 atom stereocenters. The maximum atomic E-state index is 12.6. The maximum Gasteiger partial charge on any atom is 0.261 e. The Morgan fingerprint density at radius 1 is 0.962 bits per heavy atom. The first kappa shape index (κ1) is 16.7. The monoisotopic (exact) mass is 351 g/mol. The number of amides is 2. The van der Waals surface area contributed by atoms with Gasteiger partial charge in [0.2, 0.25) is 0 Å². The lowest BCUT2D eigenvalue weighted by Gasteiger charge is -2.15. The van der Waals surface area contributed by atoms with Gasteiger partial charge in [0.1, 0.15) is 5.82 Å². The average Bonchev–Trinajstić information content (AvgIpc) is 3.19. The first-order chi connectivity index (χ1) is 12.6. The highest BCUT2D eigenvalue weighted by molar-refractivity contribution is 6.21. The van der Waals surface area contributed by atoms with Gasteiger partial charge in [-0.3, -0.25) is 23.9 Å². The Morgan fingerprint density at radius 2 is 1.62 bits per heavy atom. The van der Waals surface area contributed by atoms with Gasteiger partial charge < -0.3 is 0 Å². The highest BCUT2D eigenvalue weighted by atomic mass is 16.2. The Bertz CT molecular complexity index is 926. The number of carbonyl (C=O) groups is 2. The van der Waals surface area contributed by atoms with E-state index < -0.39 is 0 Å². The molecule has 2 heterocycles. The summed E-state index contributed by atoms with van der Waals surface area (Å²) in [6, 6.07) is 6.91. The summed E-state index contributed by atoms with van der Waals surface area (Å²) in [5, 5.41) is 0. The summed E-state index contributed by atoms with van der Waals surface area (Å²) in [5.41, 5.74) is 2.84. The summed E-state index contributed by atoms with van der Waals surface area (Å²) in [6.07, 6.45) is 4.09. The standard InChI is InChI=1S/C20H21N3O3/c1-13-21-17-10-6-9-16(17)20(26)22(13)11-4-5-12-23-18(24)14-7-2-3-8-15(14)19(23)25/h2-3,7-8H,4-6,9-12H2,1H3. The van der Waals surface area contributed by atoms with Crippen LogP contribution in [0.5, 0.6) is 0 Å². The Balaban J connectivity index is 1.39. The Morgan fingerprint density at radius 3 is 2.31 bits per heavy atom. The molecule has 1 aromatic carbocycles. The van der Waals surface area contributed by atoms with Crippen LogP contribution in [0.25, 0.3) is 0 Å². The van der Waals surface area contributed by atoms with Crippen LogP contribution in [0.3, 0.4) is 0 Å². The smallest absolute Gasteiger partial charge is 0.261 e. The molecule has 1 aliphatic carbocycles. The topological polar surface area (TPSA) is 72.3 Å². The molecule has 0 unspecified atom stereocenters. The molecular weight excluding hydrogens is 330 g/mol. The summed E-state index contributed by atoms with van der Waals surface area (Å²) in [4.78, 5) is 43.2. The van der Waals surface area contributed by atoms with Crippen molar-refractivity contribution in [1.29, 1.82) is 0 Å². The first-order valence-electron chi connectivity index (χ1n) is 9.12. The third kappa shape index (κ3) is 2.66. The van der Waals surface area contributed by atoms with Crippen molar-refractivity contribution in [3.8, 4) is 0 Å². The van der Waals surface area contributed by atoms with Gasteiger partial charge in [0, 0.05) is 18.7 Å². The molecule has 0 saturated heterocycles. The third-order valence-corrected chi connectivity index (χ3v) is 5.27. The van der Waals surface area contributed by atoms with Crippen LogP contribution in [0.2, 0.25) is 0 Å². The number of carbonyl (C=O) groups excluding carboxylic acids is 2. The number of aromatic nitrogens is 2. The van der Waals surface area contributed by atoms with Gasteiger partial charge in [-0.15, -0.1) is 0 Å². The van der Waals surface area contributed by atoms with Crippen molar-refractivity contribution in [3.63, 3.8) is 0 Å². The van der Waals surface area contributed by atoms with Crippen molar-refractivity contribution in [2.24, 2.45) is 0 Å². The van der Waals surface area contributed by atoms with E-state index in [2.05, 4.69) is 4.98 Å². The molecule has 2 amide bonds. The van der Waals surface area contributed by atoms with E-state index in [-0.39, 0.29) is 17.4 Å². The maximum absolute atomic E-state index is 12.6. The molecule has 0 spiro atoms. The third-order valence-electron chi connectivity index (χ3n) is 5.27. The Hall–Kier alpha value is -2.76. The minimum Gasteiger partial charge on any atom is -0.297 e. The van der Waals surface area contributed by atoms with Gasteiger partial charge in [-0.05, 0) is 51.2 Å². The SMILES string of the molecule is Cc1nc2c(c(=O)n1CCCCN1C(=O)c3ccccc3C1=O)CCC2. The molecule has 2 aliphatic rings. The summed E-state index contributed by atoms with van der Waals surface area (Å²) in [7, 11) is 0. The van der Waals surface area contributed by atoms with Crippen molar-refractivity contribution >= 4 is 11.8 Å². The minimum absolute atomic E-state index is 0.0748. The van der Waals surface area contributed by atoms with E-state index in [1.54, 1.807) is 28.8 Å². The highest BCUT2D eigenvalue weighted by Gasteiger charge is 2.34. The van der Waals surface area contributed by atoms with E-state index in [4.69, 9.17) is 0 Å². The second-order valence-corrected chi connectivity index (χ2v) is 6.91. The predicted molar refractivity (Wildman–Crippen MR) is 96.3 cm³/mol. The van der Waals surface area contributed by atoms with Crippen LogP contribution in [0, 0.1) is 6.92 Å². The zero-order valence-electron chi connectivity index (χ0n) is 14.8. The number of benzene rings is 1. The number of hydrogen-bond donors (Lipinski definition) is 0. The van der Waals surface area contributed by atoms with E-state index >= 15 is 0 Å². The number of aryl methyl sites for hydroxylation is 2.